The zero-order chi connectivity index (χ0) is 23.0. The summed E-state index contributed by atoms with van der Waals surface area (Å²) >= 11 is 0. The quantitative estimate of drug-likeness (QED) is 0.751. The highest BCUT2D eigenvalue weighted by Gasteiger charge is 2.38. The average Bonchev–Trinajstić information content (AvgIpc) is 3.03. The summed E-state index contributed by atoms with van der Waals surface area (Å²) in [7, 11) is 0. The molecule has 0 aliphatic carbocycles. The highest BCUT2D eigenvalue weighted by molar-refractivity contribution is 6.22. The number of imide groups is 1. The Balaban J connectivity index is 1.39. The van der Waals surface area contributed by atoms with Crippen LogP contribution in [0.1, 0.15) is 73.7 Å². The van der Waals surface area contributed by atoms with Crippen LogP contribution in [0.3, 0.4) is 0 Å². The van der Waals surface area contributed by atoms with Crippen molar-refractivity contribution < 1.29 is 19.2 Å². The standard InChI is InChI=1S/C25H27N3O4/c1-15(2)28-24(31)20-8-7-18(14-21(20)25(28)32)23(30)27-11-9-19(10-12-27)26-22(29)17-6-4-5-16(3)13-17/h4-8,13-15,19H,9-12H2,1-3H3,(H,26,29). The van der Waals surface area contributed by atoms with E-state index < -0.39 is 0 Å². The van der Waals surface area contributed by atoms with Crippen molar-refractivity contribution in [2.45, 2.75) is 45.7 Å². The maximum atomic E-state index is 13.0. The fourth-order valence-electron chi connectivity index (χ4n) is 4.33. The number of aryl methyl sites for hydroxylation is 1. The summed E-state index contributed by atoms with van der Waals surface area (Å²) in [6, 6.07) is 11.9. The number of carbonyl (C=O) groups is 4. The maximum Gasteiger partial charge on any atom is 0.261 e. The molecule has 1 saturated heterocycles. The molecule has 2 aromatic carbocycles. The molecule has 32 heavy (non-hydrogen) atoms. The molecule has 1 fully saturated rings. The molecular weight excluding hydrogens is 406 g/mol. The summed E-state index contributed by atoms with van der Waals surface area (Å²) in [6.45, 7) is 6.55. The molecule has 0 bridgehead atoms. The van der Waals surface area contributed by atoms with E-state index in [1.54, 1.807) is 36.9 Å². The van der Waals surface area contributed by atoms with Crippen LogP contribution in [0.4, 0.5) is 0 Å². The predicted molar refractivity (Wildman–Crippen MR) is 120 cm³/mol. The van der Waals surface area contributed by atoms with Crippen LogP contribution in [-0.2, 0) is 0 Å². The molecule has 0 atom stereocenters. The number of piperidine rings is 1. The monoisotopic (exact) mass is 433 g/mol. The van der Waals surface area contributed by atoms with E-state index in [0.29, 0.717) is 42.6 Å². The van der Waals surface area contributed by atoms with Gasteiger partial charge < -0.3 is 10.2 Å². The van der Waals surface area contributed by atoms with Crippen LogP contribution in [0.25, 0.3) is 0 Å². The van der Waals surface area contributed by atoms with Crippen LogP contribution in [0.2, 0.25) is 0 Å². The number of fused-ring (bicyclic) bond motifs is 1. The number of nitrogens with zero attached hydrogens (tertiary/aromatic N) is 2. The molecule has 2 heterocycles. The van der Waals surface area contributed by atoms with Crippen LogP contribution in [0, 0.1) is 6.92 Å². The van der Waals surface area contributed by atoms with Crippen molar-refractivity contribution in [1.29, 1.82) is 0 Å². The van der Waals surface area contributed by atoms with Gasteiger partial charge in [0.05, 0.1) is 11.1 Å². The topological polar surface area (TPSA) is 86.8 Å². The molecule has 0 spiro atoms. The number of benzene rings is 2. The Morgan fingerprint density at radius 2 is 1.62 bits per heavy atom. The zero-order valence-electron chi connectivity index (χ0n) is 18.6. The van der Waals surface area contributed by atoms with E-state index in [1.165, 1.54) is 11.0 Å². The number of likely N-dealkylation sites (tertiary alicyclic amines) is 1. The van der Waals surface area contributed by atoms with E-state index in [1.807, 2.05) is 25.1 Å². The number of amides is 4. The smallest absolute Gasteiger partial charge is 0.261 e. The summed E-state index contributed by atoms with van der Waals surface area (Å²) in [5.41, 5.74) is 2.70. The van der Waals surface area contributed by atoms with Gasteiger partial charge >= 0.3 is 0 Å². The Bertz CT molecular complexity index is 1100. The van der Waals surface area contributed by atoms with Crippen LogP contribution in [0.5, 0.6) is 0 Å². The summed E-state index contributed by atoms with van der Waals surface area (Å²) in [6.07, 6.45) is 1.32. The molecule has 2 aliphatic rings. The number of nitrogens with one attached hydrogen (secondary N) is 1. The third-order valence-electron chi connectivity index (χ3n) is 6.08. The Hall–Kier alpha value is -3.48. The summed E-state index contributed by atoms with van der Waals surface area (Å²) in [4.78, 5) is 53.5. The van der Waals surface area contributed by atoms with Gasteiger partial charge in [-0.2, -0.15) is 0 Å². The van der Waals surface area contributed by atoms with Gasteiger partial charge in [0.2, 0.25) is 0 Å². The molecule has 0 aromatic heterocycles. The Morgan fingerprint density at radius 3 is 2.28 bits per heavy atom. The lowest BCUT2D eigenvalue weighted by Crippen LogP contribution is -2.46. The van der Waals surface area contributed by atoms with Gasteiger partial charge in [0.15, 0.2) is 0 Å². The van der Waals surface area contributed by atoms with Gasteiger partial charge in [-0.1, -0.05) is 17.7 Å². The fourth-order valence-corrected chi connectivity index (χ4v) is 4.33. The van der Waals surface area contributed by atoms with Crippen molar-refractivity contribution in [1.82, 2.24) is 15.1 Å². The van der Waals surface area contributed by atoms with Gasteiger partial charge in [0, 0.05) is 36.3 Å². The lowest BCUT2D eigenvalue weighted by Gasteiger charge is -2.32. The van der Waals surface area contributed by atoms with Gasteiger partial charge in [-0.15, -0.1) is 0 Å². The molecule has 4 amide bonds. The van der Waals surface area contributed by atoms with Crippen LogP contribution >= 0.6 is 0 Å². The first-order valence-corrected chi connectivity index (χ1v) is 10.9. The van der Waals surface area contributed by atoms with Crippen molar-refractivity contribution in [2.75, 3.05) is 13.1 Å². The average molecular weight is 434 g/mol. The van der Waals surface area contributed by atoms with E-state index in [4.69, 9.17) is 0 Å². The van der Waals surface area contributed by atoms with Gasteiger partial charge in [-0.3, -0.25) is 24.1 Å². The second kappa shape index (κ2) is 8.57. The minimum absolute atomic E-state index is 0.00545. The van der Waals surface area contributed by atoms with Crippen LogP contribution < -0.4 is 5.32 Å². The van der Waals surface area contributed by atoms with E-state index >= 15 is 0 Å². The van der Waals surface area contributed by atoms with Crippen molar-refractivity contribution in [3.63, 3.8) is 0 Å². The van der Waals surface area contributed by atoms with Gasteiger partial charge in [0.25, 0.3) is 23.6 Å². The normalized spacial score (nSPS) is 16.5. The Kier molecular flexibility index (Phi) is 5.82. The Labute approximate surface area is 187 Å². The lowest BCUT2D eigenvalue weighted by molar-refractivity contribution is 0.0607. The van der Waals surface area contributed by atoms with Crippen molar-refractivity contribution in [3.05, 3.63) is 70.3 Å². The number of hydrogen-bond acceptors (Lipinski definition) is 4. The van der Waals surface area contributed by atoms with E-state index in [-0.39, 0.29) is 41.3 Å². The summed E-state index contributed by atoms with van der Waals surface area (Å²) in [5, 5.41) is 3.06. The molecule has 0 saturated carbocycles. The first-order chi connectivity index (χ1) is 15.3. The Morgan fingerprint density at radius 1 is 0.938 bits per heavy atom. The minimum Gasteiger partial charge on any atom is -0.349 e. The molecule has 4 rings (SSSR count). The third kappa shape index (κ3) is 4.02. The molecule has 7 nitrogen and oxygen atoms in total. The second-order valence-corrected chi connectivity index (χ2v) is 8.74. The van der Waals surface area contributed by atoms with Gasteiger partial charge in [0.1, 0.15) is 0 Å². The third-order valence-corrected chi connectivity index (χ3v) is 6.08. The van der Waals surface area contributed by atoms with Gasteiger partial charge in [-0.25, -0.2) is 0 Å². The molecule has 166 valence electrons. The molecular formula is C25H27N3O4. The molecule has 0 unspecified atom stereocenters. The summed E-state index contributed by atoms with van der Waals surface area (Å²) < 4.78 is 0. The first-order valence-electron chi connectivity index (χ1n) is 10.9. The van der Waals surface area contributed by atoms with E-state index in [0.717, 1.165) is 5.56 Å². The predicted octanol–water partition coefficient (Wildman–Crippen LogP) is 3.03. The van der Waals surface area contributed by atoms with Crippen molar-refractivity contribution in [2.24, 2.45) is 0 Å². The van der Waals surface area contributed by atoms with Gasteiger partial charge in [-0.05, 0) is 63.9 Å². The van der Waals surface area contributed by atoms with Crippen molar-refractivity contribution >= 4 is 23.6 Å². The maximum absolute atomic E-state index is 13.0. The zero-order valence-corrected chi connectivity index (χ0v) is 18.6. The molecule has 0 radical (unpaired) electrons. The molecule has 2 aliphatic heterocycles. The van der Waals surface area contributed by atoms with Crippen LogP contribution in [-0.4, -0.2) is 58.6 Å². The molecule has 2 aromatic rings. The largest absolute Gasteiger partial charge is 0.349 e. The van der Waals surface area contributed by atoms with Crippen LogP contribution in [0.15, 0.2) is 42.5 Å². The fraction of sp³-hybridized carbons (Fsp3) is 0.360. The molecule has 1 N–H and O–H groups in total. The number of hydrogen-bond donors (Lipinski definition) is 1. The highest BCUT2D eigenvalue weighted by Crippen LogP contribution is 2.26. The van der Waals surface area contributed by atoms with E-state index in [9.17, 15) is 19.2 Å². The lowest BCUT2D eigenvalue weighted by atomic mass is 10.0. The minimum atomic E-state index is -0.354. The SMILES string of the molecule is Cc1cccc(C(=O)NC2CCN(C(=O)c3ccc4c(c3)C(=O)N(C(C)C)C4=O)CC2)c1. The molecule has 7 heteroatoms. The second-order valence-electron chi connectivity index (χ2n) is 8.74. The first kappa shape index (κ1) is 21.7. The summed E-state index contributed by atoms with van der Waals surface area (Å²) in [5.74, 6) is -0.939. The highest BCUT2D eigenvalue weighted by atomic mass is 16.2. The van der Waals surface area contributed by atoms with E-state index in [2.05, 4.69) is 5.32 Å². The van der Waals surface area contributed by atoms with Crippen molar-refractivity contribution in [3.8, 4) is 0 Å². The number of rotatable bonds is 4. The number of carbonyl (C=O) groups excluding carboxylic acids is 4.